The average molecular weight is 234 g/mol. The van der Waals surface area contributed by atoms with Crippen molar-refractivity contribution in [1.29, 1.82) is 0 Å². The van der Waals surface area contributed by atoms with E-state index in [2.05, 4.69) is 5.10 Å². The Balaban J connectivity index is 2.02. The Morgan fingerprint density at radius 3 is 2.56 bits per heavy atom. The quantitative estimate of drug-likeness (QED) is 0.867. The summed E-state index contributed by atoms with van der Waals surface area (Å²) in [5.41, 5.74) is 8.21. The molecule has 1 heterocycles. The van der Waals surface area contributed by atoms with E-state index in [0.717, 1.165) is 16.5 Å². The Labute approximate surface area is 98.8 Å². The number of aromatic nitrogens is 2. The molecule has 1 saturated carbocycles. The number of nitrogens with zero attached hydrogens (tertiary/aromatic N) is 2. The average Bonchev–Trinajstić information content (AvgIpc) is 3.05. The summed E-state index contributed by atoms with van der Waals surface area (Å²) in [7, 11) is 0. The molecule has 1 aliphatic rings. The molecule has 2 aromatic rings. The van der Waals surface area contributed by atoms with Crippen LogP contribution in [0.5, 0.6) is 0 Å². The number of hydrogen-bond acceptors (Lipinski definition) is 2. The van der Waals surface area contributed by atoms with Gasteiger partial charge in [-0.05, 0) is 43.0 Å². The van der Waals surface area contributed by atoms with Crippen molar-refractivity contribution in [1.82, 2.24) is 9.78 Å². The normalized spacial score (nSPS) is 15.3. The lowest BCUT2D eigenvalue weighted by atomic mass is 10.2. The number of benzene rings is 1. The van der Waals surface area contributed by atoms with Crippen LogP contribution in [0.3, 0.4) is 0 Å². The molecular formula is C12H12ClN3. The fourth-order valence-electron chi connectivity index (χ4n) is 1.87. The first-order valence-electron chi connectivity index (χ1n) is 5.35. The SMILES string of the molecule is Nc1c(C2CC2)cnn1-c1ccc(Cl)cc1. The molecule has 3 nitrogen and oxygen atoms in total. The van der Waals surface area contributed by atoms with Crippen LogP contribution in [0.1, 0.15) is 24.3 Å². The van der Waals surface area contributed by atoms with Gasteiger partial charge in [-0.25, -0.2) is 4.68 Å². The lowest BCUT2D eigenvalue weighted by Gasteiger charge is -2.04. The smallest absolute Gasteiger partial charge is 0.130 e. The molecule has 0 spiro atoms. The molecule has 16 heavy (non-hydrogen) atoms. The minimum absolute atomic E-state index is 0.626. The zero-order valence-electron chi connectivity index (χ0n) is 8.73. The molecule has 3 rings (SSSR count). The third kappa shape index (κ3) is 1.57. The van der Waals surface area contributed by atoms with Crippen molar-refractivity contribution in [3.8, 4) is 5.69 Å². The highest BCUT2D eigenvalue weighted by Crippen LogP contribution is 2.42. The topological polar surface area (TPSA) is 43.8 Å². The van der Waals surface area contributed by atoms with Crippen LogP contribution in [-0.4, -0.2) is 9.78 Å². The minimum atomic E-state index is 0.626. The molecular weight excluding hydrogens is 222 g/mol. The molecule has 0 saturated heterocycles. The summed E-state index contributed by atoms with van der Waals surface area (Å²) in [5.74, 6) is 1.38. The molecule has 1 aliphatic carbocycles. The molecule has 2 N–H and O–H groups in total. The second kappa shape index (κ2) is 3.52. The van der Waals surface area contributed by atoms with E-state index >= 15 is 0 Å². The van der Waals surface area contributed by atoms with Crippen LogP contribution < -0.4 is 5.73 Å². The molecule has 1 fully saturated rings. The fraction of sp³-hybridized carbons (Fsp3) is 0.250. The molecule has 1 aromatic carbocycles. The second-order valence-corrected chi connectivity index (χ2v) is 4.58. The van der Waals surface area contributed by atoms with E-state index in [1.54, 1.807) is 4.68 Å². The van der Waals surface area contributed by atoms with Crippen LogP contribution in [-0.2, 0) is 0 Å². The van der Waals surface area contributed by atoms with Crippen LogP contribution >= 0.6 is 11.6 Å². The Morgan fingerprint density at radius 1 is 1.25 bits per heavy atom. The van der Waals surface area contributed by atoms with Crippen molar-refractivity contribution in [3.05, 3.63) is 41.0 Å². The summed E-state index contributed by atoms with van der Waals surface area (Å²) >= 11 is 5.84. The predicted molar refractivity (Wildman–Crippen MR) is 65.0 cm³/mol. The van der Waals surface area contributed by atoms with E-state index < -0.39 is 0 Å². The summed E-state index contributed by atoms with van der Waals surface area (Å²) in [5, 5.41) is 5.04. The maximum Gasteiger partial charge on any atom is 0.130 e. The van der Waals surface area contributed by atoms with Gasteiger partial charge in [0.1, 0.15) is 5.82 Å². The van der Waals surface area contributed by atoms with Gasteiger partial charge in [-0.2, -0.15) is 5.10 Å². The van der Waals surface area contributed by atoms with E-state index in [1.165, 1.54) is 18.4 Å². The second-order valence-electron chi connectivity index (χ2n) is 4.15. The van der Waals surface area contributed by atoms with Crippen molar-refractivity contribution in [3.63, 3.8) is 0 Å². The van der Waals surface area contributed by atoms with Gasteiger partial charge in [0, 0.05) is 10.6 Å². The molecule has 0 unspecified atom stereocenters. The molecule has 0 bridgehead atoms. The van der Waals surface area contributed by atoms with Gasteiger partial charge in [0.2, 0.25) is 0 Å². The van der Waals surface area contributed by atoms with Crippen molar-refractivity contribution >= 4 is 17.4 Å². The summed E-state index contributed by atoms with van der Waals surface area (Å²) in [4.78, 5) is 0. The lowest BCUT2D eigenvalue weighted by Crippen LogP contribution is -2.02. The molecule has 82 valence electrons. The zero-order chi connectivity index (χ0) is 11.1. The van der Waals surface area contributed by atoms with Gasteiger partial charge < -0.3 is 5.73 Å². The summed E-state index contributed by atoms with van der Waals surface area (Å²) in [6.45, 7) is 0. The van der Waals surface area contributed by atoms with Crippen LogP contribution in [0.2, 0.25) is 5.02 Å². The first-order valence-corrected chi connectivity index (χ1v) is 5.73. The van der Waals surface area contributed by atoms with Crippen molar-refractivity contribution in [2.45, 2.75) is 18.8 Å². The first kappa shape index (κ1) is 9.73. The predicted octanol–water partition coefficient (Wildman–Crippen LogP) is 2.99. The van der Waals surface area contributed by atoms with Gasteiger partial charge in [0.15, 0.2) is 0 Å². The third-order valence-electron chi connectivity index (χ3n) is 2.92. The Hall–Kier alpha value is -1.48. The number of nitrogen functional groups attached to an aromatic ring is 1. The highest BCUT2D eigenvalue weighted by Gasteiger charge is 2.28. The Bertz CT molecular complexity index is 512. The summed E-state index contributed by atoms with van der Waals surface area (Å²) in [6.07, 6.45) is 4.34. The van der Waals surface area contributed by atoms with Gasteiger partial charge in [0.05, 0.1) is 11.9 Å². The highest BCUT2D eigenvalue weighted by atomic mass is 35.5. The van der Waals surface area contributed by atoms with Crippen molar-refractivity contribution in [2.24, 2.45) is 0 Å². The lowest BCUT2D eigenvalue weighted by molar-refractivity contribution is 0.891. The molecule has 0 amide bonds. The van der Waals surface area contributed by atoms with Crippen LogP contribution in [0.25, 0.3) is 5.69 Å². The van der Waals surface area contributed by atoms with Crippen LogP contribution in [0.15, 0.2) is 30.5 Å². The molecule has 0 radical (unpaired) electrons. The van der Waals surface area contributed by atoms with E-state index in [1.807, 2.05) is 30.5 Å². The molecule has 0 aliphatic heterocycles. The number of halogens is 1. The van der Waals surface area contributed by atoms with Crippen LogP contribution in [0, 0.1) is 0 Å². The maximum atomic E-state index is 6.08. The maximum absolute atomic E-state index is 6.08. The third-order valence-corrected chi connectivity index (χ3v) is 3.18. The number of hydrogen-bond donors (Lipinski definition) is 1. The van der Waals surface area contributed by atoms with Gasteiger partial charge in [-0.1, -0.05) is 11.6 Å². The monoisotopic (exact) mass is 233 g/mol. The number of anilines is 1. The van der Waals surface area contributed by atoms with E-state index in [4.69, 9.17) is 17.3 Å². The zero-order valence-corrected chi connectivity index (χ0v) is 9.48. The van der Waals surface area contributed by atoms with Crippen LogP contribution in [0.4, 0.5) is 5.82 Å². The highest BCUT2D eigenvalue weighted by molar-refractivity contribution is 6.30. The summed E-state index contributed by atoms with van der Waals surface area (Å²) < 4.78 is 1.77. The van der Waals surface area contributed by atoms with Crippen molar-refractivity contribution in [2.75, 3.05) is 5.73 Å². The first-order chi connectivity index (χ1) is 7.75. The largest absolute Gasteiger partial charge is 0.383 e. The Morgan fingerprint density at radius 2 is 1.94 bits per heavy atom. The van der Waals surface area contributed by atoms with Gasteiger partial charge in [-0.3, -0.25) is 0 Å². The van der Waals surface area contributed by atoms with Gasteiger partial charge in [-0.15, -0.1) is 0 Å². The minimum Gasteiger partial charge on any atom is -0.383 e. The fourth-order valence-corrected chi connectivity index (χ4v) is 1.99. The van der Waals surface area contributed by atoms with Gasteiger partial charge in [0.25, 0.3) is 0 Å². The number of nitrogens with two attached hydrogens (primary N) is 1. The van der Waals surface area contributed by atoms with E-state index in [0.29, 0.717) is 5.92 Å². The van der Waals surface area contributed by atoms with Gasteiger partial charge >= 0.3 is 0 Å². The molecule has 1 aromatic heterocycles. The Kier molecular flexibility index (Phi) is 2.14. The van der Waals surface area contributed by atoms with Crippen molar-refractivity contribution < 1.29 is 0 Å². The standard InChI is InChI=1S/C12H12ClN3/c13-9-3-5-10(6-4-9)16-12(14)11(7-15-16)8-1-2-8/h3-8H,1-2,14H2. The summed E-state index contributed by atoms with van der Waals surface area (Å²) in [6, 6.07) is 7.52. The molecule has 0 atom stereocenters. The van der Waals surface area contributed by atoms with E-state index in [-0.39, 0.29) is 0 Å². The molecule has 4 heteroatoms. The number of rotatable bonds is 2. The van der Waals surface area contributed by atoms with E-state index in [9.17, 15) is 0 Å².